The summed E-state index contributed by atoms with van der Waals surface area (Å²) in [7, 11) is 0. The second-order valence-corrected chi connectivity index (χ2v) is 9.68. The third kappa shape index (κ3) is 6.45. The van der Waals surface area contributed by atoms with Gasteiger partial charge in [-0.1, -0.05) is 60.7 Å². The maximum Gasteiger partial charge on any atom is 0.220 e. The van der Waals surface area contributed by atoms with E-state index in [2.05, 4.69) is 45.2 Å². The molecular formula is C31H34FN3O2. The first-order chi connectivity index (χ1) is 18.2. The lowest BCUT2D eigenvalue weighted by Crippen LogP contribution is -2.38. The van der Waals surface area contributed by atoms with E-state index in [9.17, 15) is 9.18 Å². The molecule has 192 valence electrons. The lowest BCUT2D eigenvalue weighted by molar-refractivity contribution is -0.121. The van der Waals surface area contributed by atoms with Crippen molar-refractivity contribution in [2.45, 2.75) is 25.3 Å². The molecule has 5 nitrogen and oxygen atoms in total. The van der Waals surface area contributed by atoms with Gasteiger partial charge in [0.2, 0.25) is 5.91 Å². The standard InChI is InChI=1S/C31H34FN3O2/c32-26-13-11-24(12-14-26)22-35-23-29(27-9-4-5-10-30(27)35)28(25-7-2-1-3-8-25)21-31(36)33-15-6-16-34-17-19-37-20-18-34/h1-5,7-14,23,28H,6,15-22H2,(H,33,36). The number of nitrogens with one attached hydrogen (secondary N) is 1. The van der Waals surface area contributed by atoms with Crippen LogP contribution in [0.15, 0.2) is 85.1 Å². The van der Waals surface area contributed by atoms with Crippen molar-refractivity contribution in [3.63, 3.8) is 0 Å². The molecule has 1 amide bonds. The fraction of sp³-hybridized carbons (Fsp3) is 0.323. The Balaban J connectivity index is 1.35. The summed E-state index contributed by atoms with van der Waals surface area (Å²) in [4.78, 5) is 15.5. The molecule has 37 heavy (non-hydrogen) atoms. The Morgan fingerprint density at radius 1 is 0.946 bits per heavy atom. The number of carbonyl (C=O) groups excluding carboxylic acids is 1. The van der Waals surface area contributed by atoms with Crippen LogP contribution in [-0.2, 0) is 16.1 Å². The SMILES string of the molecule is O=C(CC(c1ccccc1)c1cn(Cc2ccc(F)cc2)c2ccccc12)NCCCN1CCOCC1. The highest BCUT2D eigenvalue weighted by molar-refractivity contribution is 5.86. The first-order valence-corrected chi connectivity index (χ1v) is 13.1. The van der Waals surface area contributed by atoms with E-state index in [0.29, 0.717) is 19.5 Å². The monoisotopic (exact) mass is 499 g/mol. The lowest BCUT2D eigenvalue weighted by atomic mass is 9.88. The Kier molecular flexibility index (Phi) is 8.28. The van der Waals surface area contributed by atoms with Crippen LogP contribution in [0.2, 0.25) is 0 Å². The molecule has 1 saturated heterocycles. The Labute approximate surface area is 217 Å². The molecule has 5 rings (SSSR count). The molecule has 3 aromatic carbocycles. The second kappa shape index (κ2) is 12.2. The number of para-hydroxylation sites is 1. The first-order valence-electron chi connectivity index (χ1n) is 13.1. The number of ether oxygens (including phenoxy) is 1. The van der Waals surface area contributed by atoms with Gasteiger partial charge in [0.05, 0.1) is 13.2 Å². The predicted molar refractivity (Wildman–Crippen MR) is 145 cm³/mol. The Morgan fingerprint density at radius 3 is 2.46 bits per heavy atom. The third-order valence-corrected chi connectivity index (χ3v) is 7.13. The number of carbonyl (C=O) groups is 1. The fourth-order valence-corrected chi connectivity index (χ4v) is 5.18. The summed E-state index contributed by atoms with van der Waals surface area (Å²) in [6.07, 6.45) is 3.47. The quantitative estimate of drug-likeness (QED) is 0.306. The number of amides is 1. The molecule has 0 aliphatic carbocycles. The molecule has 1 aromatic heterocycles. The van der Waals surface area contributed by atoms with Crippen LogP contribution in [-0.4, -0.2) is 54.8 Å². The van der Waals surface area contributed by atoms with E-state index >= 15 is 0 Å². The van der Waals surface area contributed by atoms with Gasteiger partial charge < -0.3 is 14.6 Å². The van der Waals surface area contributed by atoms with Gasteiger partial charge in [0.25, 0.3) is 0 Å². The number of hydrogen-bond acceptors (Lipinski definition) is 3. The number of morpholine rings is 1. The molecule has 1 N–H and O–H groups in total. The predicted octanol–water partition coefficient (Wildman–Crippen LogP) is 5.19. The zero-order valence-electron chi connectivity index (χ0n) is 21.1. The molecule has 0 spiro atoms. The van der Waals surface area contributed by atoms with Gasteiger partial charge in [0, 0.05) is 55.6 Å². The molecule has 1 aliphatic rings. The highest BCUT2D eigenvalue weighted by atomic mass is 19.1. The van der Waals surface area contributed by atoms with Crippen LogP contribution in [0.4, 0.5) is 4.39 Å². The Hall–Kier alpha value is -3.48. The first kappa shape index (κ1) is 25.2. The number of halogens is 1. The maximum absolute atomic E-state index is 13.5. The van der Waals surface area contributed by atoms with Gasteiger partial charge in [-0.15, -0.1) is 0 Å². The summed E-state index contributed by atoms with van der Waals surface area (Å²) in [6, 6.07) is 25.2. The zero-order chi connectivity index (χ0) is 25.5. The van der Waals surface area contributed by atoms with E-state index in [1.165, 1.54) is 12.1 Å². The number of nitrogens with zero attached hydrogens (tertiary/aromatic N) is 2. The van der Waals surface area contributed by atoms with Crippen molar-refractivity contribution in [2.75, 3.05) is 39.4 Å². The molecule has 1 unspecified atom stereocenters. The van der Waals surface area contributed by atoms with Crippen molar-refractivity contribution in [3.05, 3.63) is 108 Å². The van der Waals surface area contributed by atoms with Gasteiger partial charge in [0.15, 0.2) is 0 Å². The Bertz CT molecular complexity index is 1300. The molecule has 1 fully saturated rings. The highest BCUT2D eigenvalue weighted by Crippen LogP contribution is 2.35. The highest BCUT2D eigenvalue weighted by Gasteiger charge is 2.23. The number of fused-ring (bicyclic) bond motifs is 1. The van der Waals surface area contributed by atoms with Crippen LogP contribution in [0.3, 0.4) is 0 Å². The molecule has 0 bridgehead atoms. The van der Waals surface area contributed by atoms with Crippen LogP contribution in [0.1, 0.15) is 35.4 Å². The van der Waals surface area contributed by atoms with E-state index in [-0.39, 0.29) is 17.6 Å². The van der Waals surface area contributed by atoms with Crippen LogP contribution >= 0.6 is 0 Å². The summed E-state index contributed by atoms with van der Waals surface area (Å²) < 4.78 is 21.1. The van der Waals surface area contributed by atoms with Crippen molar-refractivity contribution in [3.8, 4) is 0 Å². The van der Waals surface area contributed by atoms with E-state index < -0.39 is 0 Å². The molecule has 4 aromatic rings. The molecular weight excluding hydrogens is 465 g/mol. The molecule has 1 aliphatic heterocycles. The van der Waals surface area contributed by atoms with Crippen molar-refractivity contribution in [1.29, 1.82) is 0 Å². The minimum atomic E-state index is -0.234. The van der Waals surface area contributed by atoms with Gasteiger partial charge in [-0.25, -0.2) is 4.39 Å². The van der Waals surface area contributed by atoms with Crippen molar-refractivity contribution >= 4 is 16.8 Å². The molecule has 1 atom stereocenters. The van der Waals surface area contributed by atoms with Crippen LogP contribution in [0, 0.1) is 5.82 Å². The topological polar surface area (TPSA) is 46.5 Å². The minimum absolute atomic E-state index is 0.0613. The summed E-state index contributed by atoms with van der Waals surface area (Å²) in [5.74, 6) is -0.243. The second-order valence-electron chi connectivity index (χ2n) is 9.68. The molecule has 0 saturated carbocycles. The normalized spacial score (nSPS) is 15.1. The minimum Gasteiger partial charge on any atom is -0.379 e. The fourth-order valence-electron chi connectivity index (χ4n) is 5.18. The van der Waals surface area contributed by atoms with Crippen LogP contribution in [0.25, 0.3) is 10.9 Å². The van der Waals surface area contributed by atoms with E-state index in [1.54, 1.807) is 0 Å². The van der Waals surface area contributed by atoms with E-state index in [0.717, 1.165) is 66.9 Å². The largest absolute Gasteiger partial charge is 0.379 e. The van der Waals surface area contributed by atoms with Gasteiger partial charge in [-0.05, 0) is 47.9 Å². The van der Waals surface area contributed by atoms with Crippen molar-refractivity contribution in [2.24, 2.45) is 0 Å². The lowest BCUT2D eigenvalue weighted by Gasteiger charge is -2.26. The third-order valence-electron chi connectivity index (χ3n) is 7.13. The molecule has 2 heterocycles. The van der Waals surface area contributed by atoms with Gasteiger partial charge in [-0.3, -0.25) is 9.69 Å². The maximum atomic E-state index is 13.5. The van der Waals surface area contributed by atoms with Crippen molar-refractivity contribution in [1.82, 2.24) is 14.8 Å². The summed E-state index contributed by atoms with van der Waals surface area (Å²) >= 11 is 0. The summed E-state index contributed by atoms with van der Waals surface area (Å²) in [5, 5.41) is 4.29. The van der Waals surface area contributed by atoms with Gasteiger partial charge in [-0.2, -0.15) is 0 Å². The Morgan fingerprint density at radius 2 is 1.68 bits per heavy atom. The van der Waals surface area contributed by atoms with Crippen LogP contribution < -0.4 is 5.32 Å². The summed E-state index contributed by atoms with van der Waals surface area (Å²) in [6.45, 7) is 5.79. The van der Waals surface area contributed by atoms with E-state index in [1.807, 2.05) is 42.5 Å². The zero-order valence-corrected chi connectivity index (χ0v) is 21.1. The smallest absolute Gasteiger partial charge is 0.220 e. The van der Waals surface area contributed by atoms with Gasteiger partial charge >= 0.3 is 0 Å². The number of rotatable bonds is 10. The molecule has 0 radical (unpaired) electrons. The number of aromatic nitrogens is 1. The van der Waals surface area contributed by atoms with Crippen LogP contribution in [0.5, 0.6) is 0 Å². The van der Waals surface area contributed by atoms with Gasteiger partial charge in [0.1, 0.15) is 5.82 Å². The average molecular weight is 500 g/mol. The number of hydrogen-bond donors (Lipinski definition) is 1. The average Bonchev–Trinajstić information content (AvgIpc) is 3.30. The number of benzene rings is 3. The van der Waals surface area contributed by atoms with Crippen molar-refractivity contribution < 1.29 is 13.9 Å². The van der Waals surface area contributed by atoms with E-state index in [4.69, 9.17) is 4.74 Å². The molecule has 6 heteroatoms. The summed E-state index contributed by atoms with van der Waals surface area (Å²) in [5.41, 5.74) is 4.39.